The number of rotatable bonds is 3. The Kier molecular flexibility index (Phi) is 3.02. The Balaban J connectivity index is 2.64. The third-order valence-electron chi connectivity index (χ3n) is 2.32. The van der Waals surface area contributed by atoms with Crippen LogP contribution >= 0.6 is 0 Å². The Morgan fingerprint density at radius 2 is 1.89 bits per heavy atom. The summed E-state index contributed by atoms with van der Waals surface area (Å²) in [6, 6.07) is 5.35. The maximum atomic E-state index is 10.9. The largest absolute Gasteiger partial charge is 0.368 e. The number of hydrogen-bond donors (Lipinski definition) is 1. The Bertz CT molecular complexity index is 673. The van der Waals surface area contributed by atoms with Crippen LogP contribution < -0.4 is 5.73 Å². The summed E-state index contributed by atoms with van der Waals surface area (Å²) in [7, 11) is 0. The van der Waals surface area contributed by atoms with Gasteiger partial charge in [-0.3, -0.25) is 20.2 Å². The van der Waals surface area contributed by atoms with Gasteiger partial charge in [-0.05, 0) is 0 Å². The van der Waals surface area contributed by atoms with Crippen molar-refractivity contribution < 1.29 is 9.85 Å². The number of anilines is 1. The van der Waals surface area contributed by atoms with E-state index in [1.54, 1.807) is 0 Å². The summed E-state index contributed by atoms with van der Waals surface area (Å²) in [5, 5.41) is 21.6. The maximum Gasteiger partial charge on any atom is 0.313 e. The molecular formula is C10H7N5O4. The van der Waals surface area contributed by atoms with Crippen molar-refractivity contribution in [3.8, 4) is 11.3 Å². The van der Waals surface area contributed by atoms with E-state index in [4.69, 9.17) is 5.73 Å². The number of nitrogen functional groups attached to an aromatic ring is 1. The molecule has 0 amide bonds. The van der Waals surface area contributed by atoms with Crippen molar-refractivity contribution in [3.63, 3.8) is 0 Å². The van der Waals surface area contributed by atoms with Crippen LogP contribution in [0.1, 0.15) is 0 Å². The number of non-ortho nitro benzene ring substituents is 1. The van der Waals surface area contributed by atoms with E-state index in [2.05, 4.69) is 9.97 Å². The van der Waals surface area contributed by atoms with Crippen molar-refractivity contribution >= 4 is 17.3 Å². The second-order valence-electron chi connectivity index (χ2n) is 3.53. The lowest BCUT2D eigenvalue weighted by molar-refractivity contribution is -0.385. The lowest BCUT2D eigenvalue weighted by Gasteiger charge is -2.02. The first-order valence-electron chi connectivity index (χ1n) is 5.01. The topological polar surface area (TPSA) is 138 Å². The Hall–Kier alpha value is -3.10. The highest BCUT2D eigenvalue weighted by molar-refractivity contribution is 5.71. The Morgan fingerprint density at radius 1 is 1.16 bits per heavy atom. The molecule has 0 saturated carbocycles. The fourth-order valence-corrected chi connectivity index (χ4v) is 1.50. The molecule has 0 aliphatic rings. The predicted molar refractivity (Wildman–Crippen MR) is 65.2 cm³/mol. The monoisotopic (exact) mass is 261 g/mol. The SMILES string of the molecule is Nc1ncc([N+](=O)[O-])c(-c2cccc([N+](=O)[O-])c2)n1. The second-order valence-corrected chi connectivity index (χ2v) is 3.53. The standard InChI is InChI=1S/C10H7N5O4/c11-10-12-5-8(15(18)19)9(13-10)6-2-1-3-7(4-6)14(16)17/h1-5H,(H2,11,12,13). The number of benzene rings is 1. The third-order valence-corrected chi connectivity index (χ3v) is 2.32. The summed E-state index contributed by atoms with van der Waals surface area (Å²) in [4.78, 5) is 27.6. The summed E-state index contributed by atoms with van der Waals surface area (Å²) in [5.74, 6) is -0.146. The minimum atomic E-state index is -0.673. The van der Waals surface area contributed by atoms with Gasteiger partial charge in [-0.25, -0.2) is 9.97 Å². The molecule has 0 unspecified atom stereocenters. The van der Waals surface area contributed by atoms with Gasteiger partial charge in [0.05, 0.1) is 9.85 Å². The van der Waals surface area contributed by atoms with E-state index >= 15 is 0 Å². The van der Waals surface area contributed by atoms with E-state index in [1.165, 1.54) is 24.3 Å². The zero-order valence-electron chi connectivity index (χ0n) is 9.39. The average molecular weight is 261 g/mol. The molecule has 0 aliphatic carbocycles. The predicted octanol–water partition coefficient (Wildman–Crippen LogP) is 1.54. The van der Waals surface area contributed by atoms with Gasteiger partial charge < -0.3 is 5.73 Å². The molecule has 9 nitrogen and oxygen atoms in total. The summed E-state index contributed by atoms with van der Waals surface area (Å²) in [6.45, 7) is 0. The quantitative estimate of drug-likeness (QED) is 0.652. The van der Waals surface area contributed by atoms with Gasteiger partial charge in [0.1, 0.15) is 6.20 Å². The van der Waals surface area contributed by atoms with Crippen LogP contribution in [0.25, 0.3) is 11.3 Å². The zero-order valence-corrected chi connectivity index (χ0v) is 9.39. The lowest BCUT2D eigenvalue weighted by Crippen LogP contribution is -2.01. The zero-order chi connectivity index (χ0) is 14.0. The van der Waals surface area contributed by atoms with E-state index < -0.39 is 9.85 Å². The van der Waals surface area contributed by atoms with Crippen LogP contribution in [0.5, 0.6) is 0 Å². The summed E-state index contributed by atoms with van der Waals surface area (Å²) in [5.41, 5.74) is 5.00. The van der Waals surface area contributed by atoms with Gasteiger partial charge in [-0.15, -0.1) is 0 Å². The molecule has 0 aliphatic heterocycles. The minimum absolute atomic E-state index is 0.0544. The van der Waals surface area contributed by atoms with Gasteiger partial charge in [0, 0.05) is 17.7 Å². The van der Waals surface area contributed by atoms with E-state index in [0.717, 1.165) is 6.20 Å². The molecule has 2 aromatic rings. The highest BCUT2D eigenvalue weighted by atomic mass is 16.6. The van der Waals surface area contributed by atoms with Crippen molar-refractivity contribution in [2.45, 2.75) is 0 Å². The smallest absolute Gasteiger partial charge is 0.313 e. The van der Waals surface area contributed by atoms with E-state index in [-0.39, 0.29) is 28.6 Å². The molecule has 0 saturated heterocycles. The molecule has 1 heterocycles. The number of nitro groups is 2. The lowest BCUT2D eigenvalue weighted by atomic mass is 10.1. The fraction of sp³-hybridized carbons (Fsp3) is 0. The van der Waals surface area contributed by atoms with Gasteiger partial charge in [-0.2, -0.15) is 0 Å². The molecule has 2 rings (SSSR count). The molecule has 19 heavy (non-hydrogen) atoms. The van der Waals surface area contributed by atoms with E-state index in [0.29, 0.717) is 0 Å². The van der Waals surface area contributed by atoms with Crippen LogP contribution in [0.3, 0.4) is 0 Å². The number of aromatic nitrogens is 2. The molecule has 0 bridgehead atoms. The van der Waals surface area contributed by atoms with Gasteiger partial charge in [0.15, 0.2) is 5.69 Å². The summed E-state index contributed by atoms with van der Waals surface area (Å²) in [6.07, 6.45) is 0.969. The third kappa shape index (κ3) is 2.44. The highest BCUT2D eigenvalue weighted by Gasteiger charge is 2.19. The number of nitrogens with two attached hydrogens (primary N) is 1. The molecule has 0 spiro atoms. The Morgan fingerprint density at radius 3 is 2.53 bits per heavy atom. The molecule has 1 aromatic heterocycles. The molecule has 9 heteroatoms. The van der Waals surface area contributed by atoms with Gasteiger partial charge in [0.2, 0.25) is 5.95 Å². The van der Waals surface area contributed by atoms with Crippen LogP contribution in [0, 0.1) is 20.2 Å². The van der Waals surface area contributed by atoms with Crippen molar-refractivity contribution in [2.24, 2.45) is 0 Å². The Labute approximate surface area is 106 Å². The highest BCUT2D eigenvalue weighted by Crippen LogP contribution is 2.29. The summed E-state index contributed by atoms with van der Waals surface area (Å²) >= 11 is 0. The number of nitrogens with zero attached hydrogens (tertiary/aromatic N) is 4. The second kappa shape index (κ2) is 4.64. The van der Waals surface area contributed by atoms with E-state index in [1.807, 2.05) is 0 Å². The summed E-state index contributed by atoms with van der Waals surface area (Å²) < 4.78 is 0. The van der Waals surface area contributed by atoms with Crippen molar-refractivity contribution in [3.05, 3.63) is 50.7 Å². The first kappa shape index (κ1) is 12.4. The number of nitro benzene ring substituents is 1. The van der Waals surface area contributed by atoms with Crippen molar-refractivity contribution in [1.82, 2.24) is 9.97 Å². The van der Waals surface area contributed by atoms with Crippen LogP contribution in [0.4, 0.5) is 17.3 Å². The first-order valence-corrected chi connectivity index (χ1v) is 5.01. The molecule has 0 atom stereocenters. The minimum Gasteiger partial charge on any atom is -0.368 e. The molecule has 96 valence electrons. The number of hydrogen-bond acceptors (Lipinski definition) is 7. The van der Waals surface area contributed by atoms with E-state index in [9.17, 15) is 20.2 Å². The van der Waals surface area contributed by atoms with Gasteiger partial charge in [0.25, 0.3) is 5.69 Å². The molecule has 1 aromatic carbocycles. The first-order chi connectivity index (χ1) is 8.99. The van der Waals surface area contributed by atoms with Crippen LogP contribution in [-0.4, -0.2) is 19.8 Å². The van der Waals surface area contributed by atoms with Crippen LogP contribution in [0.15, 0.2) is 30.5 Å². The molecule has 0 radical (unpaired) electrons. The molecule has 2 N–H and O–H groups in total. The average Bonchev–Trinajstić information content (AvgIpc) is 2.38. The fourth-order valence-electron chi connectivity index (χ4n) is 1.50. The van der Waals surface area contributed by atoms with Crippen LogP contribution in [0.2, 0.25) is 0 Å². The van der Waals surface area contributed by atoms with Gasteiger partial charge in [-0.1, -0.05) is 12.1 Å². The van der Waals surface area contributed by atoms with Crippen LogP contribution in [-0.2, 0) is 0 Å². The molecular weight excluding hydrogens is 254 g/mol. The van der Waals surface area contributed by atoms with Gasteiger partial charge >= 0.3 is 5.69 Å². The molecule has 0 fully saturated rings. The normalized spacial score (nSPS) is 10.1. The van der Waals surface area contributed by atoms with Crippen molar-refractivity contribution in [2.75, 3.05) is 5.73 Å². The maximum absolute atomic E-state index is 10.9. The van der Waals surface area contributed by atoms with Crippen molar-refractivity contribution in [1.29, 1.82) is 0 Å².